The van der Waals surface area contributed by atoms with E-state index in [0.717, 1.165) is 62.7 Å². The highest BCUT2D eigenvalue weighted by Crippen LogP contribution is 2.35. The zero-order valence-electron chi connectivity index (χ0n) is 15.9. The number of thiocarbonyl (C=S) groups is 1. The summed E-state index contributed by atoms with van der Waals surface area (Å²) in [4.78, 5) is 14.6. The first-order valence-corrected chi connectivity index (χ1v) is 10.3. The van der Waals surface area contributed by atoms with E-state index in [9.17, 15) is 4.79 Å². The van der Waals surface area contributed by atoms with Crippen molar-refractivity contribution in [1.29, 1.82) is 0 Å². The molecule has 1 aromatic carbocycles. The summed E-state index contributed by atoms with van der Waals surface area (Å²) in [6, 6.07) is 10.4. The van der Waals surface area contributed by atoms with Crippen LogP contribution in [0.15, 0.2) is 30.3 Å². The van der Waals surface area contributed by atoms with E-state index in [0.29, 0.717) is 12.1 Å². The number of rotatable bonds is 7. The van der Waals surface area contributed by atoms with Gasteiger partial charge < -0.3 is 25.6 Å². The second-order valence-corrected chi connectivity index (χ2v) is 7.59. The number of hydrogen-bond acceptors (Lipinski definition) is 3. The van der Waals surface area contributed by atoms with E-state index in [2.05, 4.69) is 20.9 Å². The molecule has 3 N–H and O–H groups in total. The molecule has 0 radical (unpaired) electrons. The average Bonchev–Trinajstić information content (AvgIpc) is 2.93. The quantitative estimate of drug-likeness (QED) is 0.493. The van der Waals surface area contributed by atoms with E-state index >= 15 is 0 Å². The van der Waals surface area contributed by atoms with E-state index in [1.807, 2.05) is 37.3 Å². The molecular weight excluding hydrogens is 360 g/mol. The lowest BCUT2D eigenvalue weighted by molar-refractivity contribution is 0.145. The predicted molar refractivity (Wildman–Crippen MR) is 112 cm³/mol. The second kappa shape index (κ2) is 9.90. The molecule has 0 aromatic heterocycles. The van der Waals surface area contributed by atoms with Gasteiger partial charge in [0, 0.05) is 43.6 Å². The van der Waals surface area contributed by atoms with Gasteiger partial charge in [0.2, 0.25) is 0 Å². The topological polar surface area (TPSA) is 65.6 Å². The summed E-state index contributed by atoms with van der Waals surface area (Å²) < 4.78 is 5.37. The number of carbonyl (C=O) groups is 1. The minimum absolute atomic E-state index is 0.129. The van der Waals surface area contributed by atoms with Crippen LogP contribution in [-0.4, -0.2) is 53.9 Å². The molecule has 2 bridgehead atoms. The maximum atomic E-state index is 12.3. The number of amides is 2. The van der Waals surface area contributed by atoms with Gasteiger partial charge in [-0.2, -0.15) is 0 Å². The zero-order chi connectivity index (χ0) is 19.1. The van der Waals surface area contributed by atoms with E-state index in [1.165, 1.54) is 0 Å². The largest absolute Gasteiger partial charge is 0.382 e. The molecule has 3 rings (SSSR count). The number of nitrogens with zero attached hydrogens (tertiary/aromatic N) is 1. The smallest absolute Gasteiger partial charge is 0.319 e. The summed E-state index contributed by atoms with van der Waals surface area (Å²) in [5.74, 6) is 0. The average molecular weight is 391 g/mol. The Morgan fingerprint density at radius 3 is 2.59 bits per heavy atom. The van der Waals surface area contributed by atoms with E-state index in [4.69, 9.17) is 17.0 Å². The van der Waals surface area contributed by atoms with Crippen LogP contribution < -0.4 is 16.0 Å². The molecule has 27 heavy (non-hydrogen) atoms. The molecule has 148 valence electrons. The summed E-state index contributed by atoms with van der Waals surface area (Å²) in [5.41, 5.74) is 0.813. The van der Waals surface area contributed by atoms with Crippen LogP contribution in [0.3, 0.4) is 0 Å². The minimum atomic E-state index is -0.129. The molecule has 2 aliphatic heterocycles. The van der Waals surface area contributed by atoms with Crippen LogP contribution in [0.25, 0.3) is 0 Å². The van der Waals surface area contributed by atoms with Gasteiger partial charge in [0.15, 0.2) is 5.11 Å². The van der Waals surface area contributed by atoms with Crippen LogP contribution in [0.4, 0.5) is 10.5 Å². The van der Waals surface area contributed by atoms with Crippen LogP contribution in [0.2, 0.25) is 0 Å². The SMILES string of the molecule is CCOCCCNC(=S)N1C2CCC1CC(NC(=O)Nc1ccccc1)C2. The Bertz CT molecular complexity index is 614. The molecule has 2 unspecified atom stereocenters. The standard InChI is InChI=1S/C20H30N4O2S/c1-2-26-12-6-11-21-20(27)24-17-9-10-18(24)14-16(13-17)23-19(25)22-15-7-4-3-5-8-15/h3-5,7-8,16-18H,2,6,9-14H2,1H3,(H,21,27)(H2,22,23,25). The lowest BCUT2D eigenvalue weighted by Gasteiger charge is -2.40. The molecule has 0 spiro atoms. The van der Waals surface area contributed by atoms with Gasteiger partial charge in [-0.15, -0.1) is 0 Å². The summed E-state index contributed by atoms with van der Waals surface area (Å²) in [5, 5.41) is 10.3. The number of ether oxygens (including phenoxy) is 1. The Morgan fingerprint density at radius 2 is 1.93 bits per heavy atom. The molecular formula is C20H30N4O2S. The van der Waals surface area contributed by atoms with Crippen molar-refractivity contribution < 1.29 is 9.53 Å². The number of nitrogens with one attached hydrogen (secondary N) is 3. The number of benzene rings is 1. The van der Waals surface area contributed by atoms with Gasteiger partial charge in [0.1, 0.15) is 0 Å². The fourth-order valence-electron chi connectivity index (χ4n) is 4.11. The van der Waals surface area contributed by atoms with Crippen molar-refractivity contribution in [2.45, 2.75) is 57.2 Å². The van der Waals surface area contributed by atoms with Gasteiger partial charge >= 0.3 is 6.03 Å². The van der Waals surface area contributed by atoms with Gasteiger partial charge in [-0.3, -0.25) is 0 Å². The number of fused-ring (bicyclic) bond motifs is 2. The maximum absolute atomic E-state index is 12.3. The van der Waals surface area contributed by atoms with Gasteiger partial charge in [-0.1, -0.05) is 18.2 Å². The molecule has 2 aliphatic rings. The Morgan fingerprint density at radius 1 is 1.22 bits per heavy atom. The lowest BCUT2D eigenvalue weighted by atomic mass is 9.98. The molecule has 1 aromatic rings. The summed E-state index contributed by atoms with van der Waals surface area (Å²) in [6.45, 7) is 4.37. The van der Waals surface area contributed by atoms with E-state index < -0.39 is 0 Å². The Hall–Kier alpha value is -1.86. The third kappa shape index (κ3) is 5.56. The summed E-state index contributed by atoms with van der Waals surface area (Å²) in [7, 11) is 0. The highest BCUT2D eigenvalue weighted by atomic mass is 32.1. The number of para-hydroxylation sites is 1. The summed E-state index contributed by atoms with van der Waals surface area (Å²) in [6.07, 6.45) is 5.13. The second-order valence-electron chi connectivity index (χ2n) is 7.21. The van der Waals surface area contributed by atoms with Crippen molar-refractivity contribution in [3.05, 3.63) is 30.3 Å². The highest BCUT2D eigenvalue weighted by molar-refractivity contribution is 7.80. The fourth-order valence-corrected chi connectivity index (χ4v) is 4.51. The third-order valence-electron chi connectivity index (χ3n) is 5.28. The summed E-state index contributed by atoms with van der Waals surface area (Å²) >= 11 is 5.63. The molecule has 0 aliphatic carbocycles. The predicted octanol–water partition coefficient (Wildman–Crippen LogP) is 3.10. The van der Waals surface area contributed by atoms with Crippen LogP contribution in [0, 0.1) is 0 Å². The number of hydrogen-bond donors (Lipinski definition) is 3. The minimum Gasteiger partial charge on any atom is -0.382 e. The van der Waals surface area contributed by atoms with Gasteiger partial charge in [0.25, 0.3) is 0 Å². The van der Waals surface area contributed by atoms with Crippen molar-refractivity contribution in [1.82, 2.24) is 15.5 Å². The number of carbonyl (C=O) groups excluding carboxylic acids is 1. The first-order chi connectivity index (χ1) is 13.2. The van der Waals surface area contributed by atoms with Crippen LogP contribution in [0.5, 0.6) is 0 Å². The van der Waals surface area contributed by atoms with Crippen molar-refractivity contribution in [2.75, 3.05) is 25.1 Å². The number of urea groups is 1. The molecule has 6 nitrogen and oxygen atoms in total. The lowest BCUT2D eigenvalue weighted by Crippen LogP contribution is -2.55. The first-order valence-electron chi connectivity index (χ1n) is 9.94. The Labute approximate surface area is 167 Å². The fraction of sp³-hybridized carbons (Fsp3) is 0.600. The Balaban J connectivity index is 1.44. The van der Waals surface area contributed by atoms with E-state index in [-0.39, 0.29) is 12.1 Å². The highest BCUT2D eigenvalue weighted by Gasteiger charge is 2.42. The maximum Gasteiger partial charge on any atom is 0.319 e. The Kier molecular flexibility index (Phi) is 7.29. The molecule has 2 heterocycles. The van der Waals surface area contributed by atoms with E-state index in [1.54, 1.807) is 0 Å². The monoisotopic (exact) mass is 390 g/mol. The van der Waals surface area contributed by atoms with Crippen LogP contribution >= 0.6 is 12.2 Å². The molecule has 2 saturated heterocycles. The molecule has 2 atom stereocenters. The molecule has 2 amide bonds. The normalized spacial score (nSPS) is 23.7. The van der Waals surface area contributed by atoms with Crippen molar-refractivity contribution in [3.63, 3.8) is 0 Å². The van der Waals surface area contributed by atoms with Crippen molar-refractivity contribution in [2.24, 2.45) is 0 Å². The van der Waals surface area contributed by atoms with Gasteiger partial charge in [-0.25, -0.2) is 4.79 Å². The number of anilines is 1. The van der Waals surface area contributed by atoms with Gasteiger partial charge in [0.05, 0.1) is 0 Å². The molecule has 2 fully saturated rings. The molecule has 7 heteroatoms. The van der Waals surface area contributed by atoms with Gasteiger partial charge in [-0.05, 0) is 63.4 Å². The third-order valence-corrected chi connectivity index (χ3v) is 5.64. The van der Waals surface area contributed by atoms with Crippen LogP contribution in [0.1, 0.15) is 39.0 Å². The van der Waals surface area contributed by atoms with Crippen LogP contribution in [-0.2, 0) is 4.74 Å². The van der Waals surface area contributed by atoms with Crippen molar-refractivity contribution >= 4 is 29.0 Å². The zero-order valence-corrected chi connectivity index (χ0v) is 16.8. The number of piperidine rings is 1. The molecule has 0 saturated carbocycles. The first kappa shape index (κ1) is 19.9. The van der Waals surface area contributed by atoms with Crippen molar-refractivity contribution in [3.8, 4) is 0 Å².